The van der Waals surface area contributed by atoms with Gasteiger partial charge in [0.05, 0.1) is 5.39 Å². The number of aryl methyl sites for hydroxylation is 2. The molecular formula is C14H13ClN4. The van der Waals surface area contributed by atoms with Crippen molar-refractivity contribution in [3.05, 3.63) is 47.4 Å². The summed E-state index contributed by atoms with van der Waals surface area (Å²) in [5.74, 6) is 0.788. The van der Waals surface area contributed by atoms with Crippen molar-refractivity contribution >= 4 is 34.1 Å². The lowest BCUT2D eigenvalue weighted by Gasteiger charge is -2.10. The first-order valence-electron chi connectivity index (χ1n) is 5.94. The number of halogens is 1. The Balaban J connectivity index is 2.08. The summed E-state index contributed by atoms with van der Waals surface area (Å²) in [6.07, 6.45) is 3.53. The lowest BCUT2D eigenvalue weighted by molar-refractivity contribution is 0.944. The topological polar surface area (TPSA) is 42.7 Å². The molecule has 0 fully saturated rings. The molecule has 96 valence electrons. The Hall–Kier alpha value is -2.07. The molecule has 0 spiro atoms. The number of anilines is 2. The van der Waals surface area contributed by atoms with Crippen LogP contribution in [-0.4, -0.2) is 14.5 Å². The fraction of sp³-hybridized carbons (Fsp3) is 0.143. The maximum absolute atomic E-state index is 6.03. The van der Waals surface area contributed by atoms with E-state index in [1.165, 1.54) is 0 Å². The Kier molecular flexibility index (Phi) is 2.87. The molecule has 3 aromatic rings. The highest BCUT2D eigenvalue weighted by atomic mass is 35.5. The fourth-order valence-corrected chi connectivity index (χ4v) is 2.21. The Morgan fingerprint density at radius 3 is 2.89 bits per heavy atom. The number of hydrogen-bond acceptors (Lipinski definition) is 3. The van der Waals surface area contributed by atoms with Gasteiger partial charge >= 0.3 is 0 Å². The molecule has 0 unspecified atom stereocenters. The number of nitrogens with one attached hydrogen (secondary N) is 1. The van der Waals surface area contributed by atoms with Crippen LogP contribution in [-0.2, 0) is 7.05 Å². The van der Waals surface area contributed by atoms with Crippen molar-refractivity contribution in [2.24, 2.45) is 7.05 Å². The van der Waals surface area contributed by atoms with Crippen LogP contribution < -0.4 is 5.32 Å². The molecule has 0 aliphatic rings. The number of rotatable bonds is 2. The SMILES string of the molecule is Cc1ccc(Cl)cc1Nc1ncnc2c1ccn2C. The van der Waals surface area contributed by atoms with Crippen molar-refractivity contribution in [3.63, 3.8) is 0 Å². The Labute approximate surface area is 116 Å². The highest BCUT2D eigenvalue weighted by Gasteiger charge is 2.08. The quantitative estimate of drug-likeness (QED) is 0.774. The van der Waals surface area contributed by atoms with Crippen LogP contribution in [0.5, 0.6) is 0 Å². The molecule has 0 atom stereocenters. The van der Waals surface area contributed by atoms with Crippen molar-refractivity contribution < 1.29 is 0 Å². The van der Waals surface area contributed by atoms with Gasteiger partial charge in [-0.1, -0.05) is 17.7 Å². The lowest BCUT2D eigenvalue weighted by Crippen LogP contribution is -1.98. The molecule has 19 heavy (non-hydrogen) atoms. The molecule has 3 rings (SSSR count). The Morgan fingerprint density at radius 1 is 1.21 bits per heavy atom. The van der Waals surface area contributed by atoms with Crippen LogP contribution in [0.2, 0.25) is 5.02 Å². The van der Waals surface area contributed by atoms with Gasteiger partial charge in [0, 0.05) is 24.0 Å². The minimum atomic E-state index is 0.700. The van der Waals surface area contributed by atoms with E-state index in [4.69, 9.17) is 11.6 Å². The largest absolute Gasteiger partial charge is 0.339 e. The zero-order valence-electron chi connectivity index (χ0n) is 10.7. The van der Waals surface area contributed by atoms with E-state index < -0.39 is 0 Å². The Morgan fingerprint density at radius 2 is 2.05 bits per heavy atom. The van der Waals surface area contributed by atoms with Gasteiger partial charge in [-0.3, -0.25) is 0 Å². The Bertz CT molecular complexity index is 748. The molecule has 4 nitrogen and oxygen atoms in total. The summed E-state index contributed by atoms with van der Waals surface area (Å²) in [5, 5.41) is 5.01. The lowest BCUT2D eigenvalue weighted by atomic mass is 10.2. The summed E-state index contributed by atoms with van der Waals surface area (Å²) in [6.45, 7) is 2.03. The molecule has 0 aliphatic heterocycles. The van der Waals surface area contributed by atoms with Gasteiger partial charge < -0.3 is 9.88 Å². The van der Waals surface area contributed by atoms with Crippen LogP contribution in [0.3, 0.4) is 0 Å². The van der Waals surface area contributed by atoms with Gasteiger partial charge in [-0.05, 0) is 30.7 Å². The number of hydrogen-bond donors (Lipinski definition) is 1. The standard InChI is InChI=1S/C14H13ClN4/c1-9-3-4-10(15)7-12(9)18-13-11-5-6-19(2)14(11)17-8-16-13/h3-8H,1-2H3,(H,16,17,18). The smallest absolute Gasteiger partial charge is 0.145 e. The van der Waals surface area contributed by atoms with Crippen molar-refractivity contribution in [2.75, 3.05) is 5.32 Å². The summed E-state index contributed by atoms with van der Waals surface area (Å²) in [6, 6.07) is 7.75. The van der Waals surface area contributed by atoms with Crippen LogP contribution in [0.4, 0.5) is 11.5 Å². The number of benzene rings is 1. The number of fused-ring (bicyclic) bond motifs is 1. The van der Waals surface area contributed by atoms with Crippen LogP contribution >= 0.6 is 11.6 Å². The molecule has 2 aromatic heterocycles. The van der Waals surface area contributed by atoms with Gasteiger partial charge in [-0.2, -0.15) is 0 Å². The fourth-order valence-electron chi connectivity index (χ4n) is 2.03. The van der Waals surface area contributed by atoms with Gasteiger partial charge in [0.15, 0.2) is 0 Å². The molecule has 5 heteroatoms. The van der Waals surface area contributed by atoms with Crippen molar-refractivity contribution in [1.82, 2.24) is 14.5 Å². The van der Waals surface area contributed by atoms with Crippen LogP contribution in [0.1, 0.15) is 5.56 Å². The average Bonchev–Trinajstić information content (AvgIpc) is 2.77. The van der Waals surface area contributed by atoms with Crippen molar-refractivity contribution in [1.29, 1.82) is 0 Å². The summed E-state index contributed by atoms with van der Waals surface area (Å²) in [7, 11) is 1.96. The second-order valence-electron chi connectivity index (χ2n) is 4.47. The van der Waals surface area contributed by atoms with Gasteiger partial charge in [-0.25, -0.2) is 9.97 Å². The third kappa shape index (κ3) is 2.15. The highest BCUT2D eigenvalue weighted by molar-refractivity contribution is 6.30. The van der Waals surface area contributed by atoms with Gasteiger partial charge in [0.2, 0.25) is 0 Å². The maximum atomic E-state index is 6.03. The van der Waals surface area contributed by atoms with Gasteiger partial charge in [0.25, 0.3) is 0 Å². The second-order valence-corrected chi connectivity index (χ2v) is 4.91. The third-order valence-corrected chi connectivity index (χ3v) is 3.35. The first kappa shape index (κ1) is 12.0. The van der Waals surface area contributed by atoms with E-state index in [0.717, 1.165) is 28.1 Å². The monoisotopic (exact) mass is 272 g/mol. The second kappa shape index (κ2) is 4.55. The molecule has 0 saturated heterocycles. The van der Waals surface area contributed by atoms with Crippen LogP contribution in [0, 0.1) is 6.92 Å². The van der Waals surface area contributed by atoms with E-state index >= 15 is 0 Å². The average molecular weight is 273 g/mol. The summed E-state index contributed by atoms with van der Waals surface area (Å²) < 4.78 is 1.97. The summed E-state index contributed by atoms with van der Waals surface area (Å²) >= 11 is 6.03. The van der Waals surface area contributed by atoms with E-state index in [-0.39, 0.29) is 0 Å². The van der Waals surface area contributed by atoms with Gasteiger partial charge in [-0.15, -0.1) is 0 Å². The summed E-state index contributed by atoms with van der Waals surface area (Å²) in [4.78, 5) is 8.58. The number of aromatic nitrogens is 3. The van der Waals surface area contributed by atoms with Crippen molar-refractivity contribution in [3.8, 4) is 0 Å². The zero-order chi connectivity index (χ0) is 13.4. The number of nitrogens with zero attached hydrogens (tertiary/aromatic N) is 3. The maximum Gasteiger partial charge on any atom is 0.145 e. The molecule has 1 N–H and O–H groups in total. The van der Waals surface area contributed by atoms with E-state index in [0.29, 0.717) is 5.02 Å². The normalized spacial score (nSPS) is 10.9. The first-order chi connectivity index (χ1) is 9.15. The molecule has 0 amide bonds. The molecule has 0 saturated carbocycles. The van der Waals surface area contributed by atoms with Gasteiger partial charge in [0.1, 0.15) is 17.8 Å². The van der Waals surface area contributed by atoms with Crippen LogP contribution in [0.25, 0.3) is 11.0 Å². The minimum Gasteiger partial charge on any atom is -0.339 e. The van der Waals surface area contributed by atoms with Crippen molar-refractivity contribution in [2.45, 2.75) is 6.92 Å². The highest BCUT2D eigenvalue weighted by Crippen LogP contribution is 2.27. The molecule has 0 radical (unpaired) electrons. The van der Waals surface area contributed by atoms with E-state index in [1.807, 2.05) is 49.0 Å². The molecule has 2 heterocycles. The first-order valence-corrected chi connectivity index (χ1v) is 6.32. The predicted molar refractivity (Wildman–Crippen MR) is 78.0 cm³/mol. The minimum absolute atomic E-state index is 0.700. The molecule has 0 bridgehead atoms. The third-order valence-electron chi connectivity index (χ3n) is 3.11. The summed E-state index contributed by atoms with van der Waals surface area (Å²) in [5.41, 5.74) is 2.97. The predicted octanol–water partition coefficient (Wildman–Crippen LogP) is 3.67. The zero-order valence-corrected chi connectivity index (χ0v) is 11.4. The molecular weight excluding hydrogens is 260 g/mol. The molecule has 0 aliphatic carbocycles. The van der Waals surface area contributed by atoms with E-state index in [2.05, 4.69) is 15.3 Å². The van der Waals surface area contributed by atoms with E-state index in [9.17, 15) is 0 Å². The molecule has 1 aromatic carbocycles. The van der Waals surface area contributed by atoms with Crippen LogP contribution in [0.15, 0.2) is 36.8 Å². The van der Waals surface area contributed by atoms with E-state index in [1.54, 1.807) is 6.33 Å².